The summed E-state index contributed by atoms with van der Waals surface area (Å²) in [6.07, 6.45) is 1.55. The number of likely N-dealkylation sites (tertiary alicyclic amines) is 1. The second kappa shape index (κ2) is 5.20. The highest BCUT2D eigenvalue weighted by molar-refractivity contribution is 5.79. The van der Waals surface area contributed by atoms with Gasteiger partial charge in [0.1, 0.15) is 5.76 Å². The molecule has 1 aliphatic heterocycles. The zero-order valence-electron chi connectivity index (χ0n) is 10.3. The molecule has 1 fully saturated rings. The van der Waals surface area contributed by atoms with E-state index in [2.05, 4.69) is 5.16 Å². The lowest BCUT2D eigenvalue weighted by Gasteiger charge is -2.30. The predicted molar refractivity (Wildman–Crippen MR) is 61.9 cm³/mol. The molecule has 0 bridgehead atoms. The van der Waals surface area contributed by atoms with Gasteiger partial charge in [0.15, 0.2) is 0 Å². The van der Waals surface area contributed by atoms with Crippen LogP contribution in [-0.4, -0.2) is 40.1 Å². The summed E-state index contributed by atoms with van der Waals surface area (Å²) < 4.78 is 4.90. The van der Waals surface area contributed by atoms with Gasteiger partial charge in [0.25, 0.3) is 0 Å². The Morgan fingerprint density at radius 2 is 2.39 bits per heavy atom. The highest BCUT2D eigenvalue weighted by atomic mass is 16.5. The van der Waals surface area contributed by atoms with E-state index in [0.29, 0.717) is 31.0 Å². The lowest BCUT2D eigenvalue weighted by molar-refractivity contribution is -0.145. The minimum Gasteiger partial charge on any atom is -0.481 e. The molecule has 0 radical (unpaired) electrons. The smallest absolute Gasteiger partial charge is 0.308 e. The Morgan fingerprint density at radius 3 is 3.00 bits per heavy atom. The number of aromatic nitrogens is 1. The van der Waals surface area contributed by atoms with Gasteiger partial charge in [-0.05, 0) is 19.8 Å². The molecule has 1 aromatic heterocycles. The van der Waals surface area contributed by atoms with Crippen molar-refractivity contribution in [3.63, 3.8) is 0 Å². The van der Waals surface area contributed by atoms with Gasteiger partial charge in [-0.1, -0.05) is 5.16 Å². The summed E-state index contributed by atoms with van der Waals surface area (Å²) in [6, 6.07) is 1.72. The molecule has 0 aromatic carbocycles. The molecule has 1 aliphatic rings. The molecule has 1 saturated heterocycles. The summed E-state index contributed by atoms with van der Waals surface area (Å²) in [4.78, 5) is 24.5. The van der Waals surface area contributed by atoms with E-state index in [0.717, 1.165) is 6.42 Å². The zero-order valence-corrected chi connectivity index (χ0v) is 10.3. The molecule has 1 N–H and O–H groups in total. The zero-order chi connectivity index (χ0) is 13.1. The summed E-state index contributed by atoms with van der Waals surface area (Å²) in [5.74, 6) is -0.694. The Balaban J connectivity index is 1.94. The van der Waals surface area contributed by atoms with Crippen molar-refractivity contribution in [1.82, 2.24) is 10.1 Å². The SMILES string of the molecule is Cc1cc(CC(=O)N2CCC[C@@H](C(=O)O)C2)no1. The molecule has 0 saturated carbocycles. The molecule has 6 heteroatoms. The van der Waals surface area contributed by atoms with Crippen molar-refractivity contribution in [2.45, 2.75) is 26.2 Å². The number of carboxylic acid groups (broad SMARTS) is 1. The first-order valence-electron chi connectivity index (χ1n) is 5.99. The van der Waals surface area contributed by atoms with Crippen molar-refractivity contribution < 1.29 is 19.2 Å². The normalized spacial score (nSPS) is 19.8. The number of amides is 1. The summed E-state index contributed by atoms with van der Waals surface area (Å²) in [7, 11) is 0. The number of carboxylic acids is 1. The van der Waals surface area contributed by atoms with Gasteiger partial charge < -0.3 is 14.5 Å². The minimum atomic E-state index is -0.829. The highest BCUT2D eigenvalue weighted by Gasteiger charge is 2.28. The molecule has 98 valence electrons. The van der Waals surface area contributed by atoms with Crippen LogP contribution in [0.25, 0.3) is 0 Å². The van der Waals surface area contributed by atoms with Crippen LogP contribution in [0.5, 0.6) is 0 Å². The van der Waals surface area contributed by atoms with Gasteiger partial charge in [-0.3, -0.25) is 9.59 Å². The first-order valence-corrected chi connectivity index (χ1v) is 5.99. The first-order chi connectivity index (χ1) is 8.56. The van der Waals surface area contributed by atoms with Gasteiger partial charge in [0.2, 0.25) is 5.91 Å². The fourth-order valence-corrected chi connectivity index (χ4v) is 2.17. The Bertz CT molecular complexity index is 455. The number of hydrogen-bond donors (Lipinski definition) is 1. The molecule has 1 aromatic rings. The molecule has 0 unspecified atom stereocenters. The first kappa shape index (κ1) is 12.6. The molecule has 1 atom stereocenters. The Hall–Kier alpha value is -1.85. The number of aliphatic carboxylic acids is 1. The average Bonchev–Trinajstić information content (AvgIpc) is 2.75. The van der Waals surface area contributed by atoms with Gasteiger partial charge in [0.05, 0.1) is 18.0 Å². The van der Waals surface area contributed by atoms with Crippen LogP contribution in [0.15, 0.2) is 10.6 Å². The van der Waals surface area contributed by atoms with E-state index in [-0.39, 0.29) is 12.3 Å². The lowest BCUT2D eigenvalue weighted by atomic mass is 9.98. The van der Waals surface area contributed by atoms with Crippen LogP contribution in [0, 0.1) is 12.8 Å². The van der Waals surface area contributed by atoms with E-state index in [1.165, 1.54) is 0 Å². The largest absolute Gasteiger partial charge is 0.481 e. The second-order valence-electron chi connectivity index (χ2n) is 4.62. The van der Waals surface area contributed by atoms with Gasteiger partial charge in [-0.2, -0.15) is 0 Å². The molecular weight excluding hydrogens is 236 g/mol. The van der Waals surface area contributed by atoms with E-state index in [1.807, 2.05) is 0 Å². The quantitative estimate of drug-likeness (QED) is 0.862. The van der Waals surface area contributed by atoms with Crippen molar-refractivity contribution in [2.24, 2.45) is 5.92 Å². The Morgan fingerprint density at radius 1 is 1.61 bits per heavy atom. The van der Waals surface area contributed by atoms with Crippen LogP contribution in [0.4, 0.5) is 0 Å². The molecule has 18 heavy (non-hydrogen) atoms. The predicted octanol–water partition coefficient (Wildman–Crippen LogP) is 0.849. The summed E-state index contributed by atoms with van der Waals surface area (Å²) in [5.41, 5.74) is 0.593. The summed E-state index contributed by atoms with van der Waals surface area (Å²) >= 11 is 0. The third-order valence-electron chi connectivity index (χ3n) is 3.13. The number of nitrogens with zero attached hydrogens (tertiary/aromatic N) is 2. The van der Waals surface area contributed by atoms with Crippen molar-refractivity contribution >= 4 is 11.9 Å². The molecule has 1 amide bonds. The van der Waals surface area contributed by atoms with Gasteiger partial charge in [-0.15, -0.1) is 0 Å². The molecule has 0 aliphatic carbocycles. The average molecular weight is 252 g/mol. The van der Waals surface area contributed by atoms with Gasteiger partial charge >= 0.3 is 5.97 Å². The number of carbonyl (C=O) groups excluding carboxylic acids is 1. The number of carbonyl (C=O) groups is 2. The van der Waals surface area contributed by atoms with Crippen LogP contribution < -0.4 is 0 Å². The topological polar surface area (TPSA) is 83.6 Å². The molecule has 6 nitrogen and oxygen atoms in total. The van der Waals surface area contributed by atoms with Crippen LogP contribution in [-0.2, 0) is 16.0 Å². The minimum absolute atomic E-state index is 0.0887. The van der Waals surface area contributed by atoms with Crippen molar-refractivity contribution in [3.05, 3.63) is 17.5 Å². The maximum atomic E-state index is 12.0. The van der Waals surface area contributed by atoms with E-state index in [1.54, 1.807) is 17.9 Å². The van der Waals surface area contributed by atoms with Crippen molar-refractivity contribution in [2.75, 3.05) is 13.1 Å². The van der Waals surface area contributed by atoms with E-state index in [4.69, 9.17) is 9.63 Å². The Kier molecular flexibility index (Phi) is 3.64. The number of aryl methyl sites for hydroxylation is 1. The summed E-state index contributed by atoms with van der Waals surface area (Å²) in [5, 5.41) is 12.7. The second-order valence-corrected chi connectivity index (χ2v) is 4.62. The monoisotopic (exact) mass is 252 g/mol. The number of rotatable bonds is 3. The van der Waals surface area contributed by atoms with E-state index in [9.17, 15) is 9.59 Å². The van der Waals surface area contributed by atoms with Crippen LogP contribution >= 0.6 is 0 Å². The standard InChI is InChI=1S/C12H16N2O4/c1-8-5-10(13-18-8)6-11(15)14-4-2-3-9(7-14)12(16)17/h5,9H,2-4,6-7H2,1H3,(H,16,17)/t9-/m1/s1. The van der Waals surface area contributed by atoms with Crippen molar-refractivity contribution in [3.8, 4) is 0 Å². The molecule has 2 heterocycles. The number of hydrogen-bond acceptors (Lipinski definition) is 4. The third kappa shape index (κ3) is 2.88. The van der Waals surface area contributed by atoms with E-state index < -0.39 is 11.9 Å². The maximum Gasteiger partial charge on any atom is 0.308 e. The van der Waals surface area contributed by atoms with Crippen LogP contribution in [0.2, 0.25) is 0 Å². The van der Waals surface area contributed by atoms with Gasteiger partial charge in [0, 0.05) is 19.2 Å². The summed E-state index contributed by atoms with van der Waals surface area (Å²) in [6.45, 7) is 2.69. The lowest BCUT2D eigenvalue weighted by Crippen LogP contribution is -2.43. The number of piperidine rings is 1. The van der Waals surface area contributed by atoms with Crippen LogP contribution in [0.1, 0.15) is 24.3 Å². The third-order valence-corrected chi connectivity index (χ3v) is 3.13. The molecule has 2 rings (SSSR count). The van der Waals surface area contributed by atoms with Gasteiger partial charge in [-0.25, -0.2) is 0 Å². The molecular formula is C12H16N2O4. The molecule has 0 spiro atoms. The fraction of sp³-hybridized carbons (Fsp3) is 0.583. The maximum absolute atomic E-state index is 12.0. The fourth-order valence-electron chi connectivity index (χ4n) is 2.17. The Labute approximate surface area is 105 Å². The van der Waals surface area contributed by atoms with E-state index >= 15 is 0 Å². The highest BCUT2D eigenvalue weighted by Crippen LogP contribution is 2.17. The van der Waals surface area contributed by atoms with Crippen molar-refractivity contribution in [1.29, 1.82) is 0 Å². The van der Waals surface area contributed by atoms with Crippen LogP contribution in [0.3, 0.4) is 0 Å².